The van der Waals surface area contributed by atoms with E-state index >= 15 is 0 Å². The maximum Gasteiger partial charge on any atom is 0.235 e. The fourth-order valence-electron chi connectivity index (χ4n) is 1.63. The first-order valence-electron chi connectivity index (χ1n) is 4.62. The lowest BCUT2D eigenvalue weighted by molar-refractivity contribution is -0.119. The van der Waals surface area contributed by atoms with Crippen LogP contribution in [0.1, 0.15) is 12.8 Å². The Bertz CT molecular complexity index is 185. The van der Waals surface area contributed by atoms with Crippen LogP contribution in [-0.2, 0) is 4.79 Å². The van der Waals surface area contributed by atoms with Gasteiger partial charge in [0.25, 0.3) is 0 Å². The van der Waals surface area contributed by atoms with Crippen LogP contribution in [0.5, 0.6) is 0 Å². The highest BCUT2D eigenvalue weighted by molar-refractivity contribution is 5.79. The van der Waals surface area contributed by atoms with E-state index in [4.69, 9.17) is 17.2 Å². The van der Waals surface area contributed by atoms with Crippen molar-refractivity contribution in [2.24, 2.45) is 17.2 Å². The van der Waals surface area contributed by atoms with Crippen LogP contribution >= 0.6 is 0 Å². The third-order valence-electron chi connectivity index (χ3n) is 2.36. The fraction of sp³-hybridized carbons (Fsp3) is 0.875. The maximum absolute atomic E-state index is 10.7. The molecule has 0 radical (unpaired) electrons. The second kappa shape index (κ2) is 4.55. The molecule has 5 nitrogen and oxygen atoms in total. The lowest BCUT2D eigenvalue weighted by Crippen LogP contribution is -2.51. The van der Waals surface area contributed by atoms with Crippen LogP contribution in [0.15, 0.2) is 0 Å². The number of rotatable bonds is 3. The number of hydrogen-bond donors (Lipinski definition) is 3. The van der Waals surface area contributed by atoms with E-state index in [1.165, 1.54) is 0 Å². The minimum Gasteiger partial charge on any atom is -0.368 e. The van der Waals surface area contributed by atoms with Gasteiger partial charge < -0.3 is 17.2 Å². The van der Waals surface area contributed by atoms with Gasteiger partial charge in [0.15, 0.2) is 0 Å². The first-order chi connectivity index (χ1) is 6.09. The summed E-state index contributed by atoms with van der Waals surface area (Å²) in [5.74, 6) is -0.445. The van der Waals surface area contributed by atoms with Crippen molar-refractivity contribution in [3.05, 3.63) is 0 Å². The molecule has 0 aromatic carbocycles. The Balaban J connectivity index is 2.31. The zero-order valence-corrected chi connectivity index (χ0v) is 7.78. The lowest BCUT2D eigenvalue weighted by Gasteiger charge is -2.31. The molecule has 76 valence electrons. The van der Waals surface area contributed by atoms with Crippen molar-refractivity contribution in [3.63, 3.8) is 0 Å². The maximum atomic E-state index is 10.7. The standard InChI is InChI=1S/C8H18N4O/c9-6-2-1-3-12(4-6)5-7(10)8(11)13/h6-7H,1-5,9-10H2,(H2,11,13). The van der Waals surface area contributed by atoms with Gasteiger partial charge in [0.05, 0.1) is 6.04 Å². The Hall–Kier alpha value is -0.650. The third kappa shape index (κ3) is 3.30. The Labute approximate surface area is 78.2 Å². The van der Waals surface area contributed by atoms with Crippen molar-refractivity contribution in [1.82, 2.24) is 4.90 Å². The third-order valence-corrected chi connectivity index (χ3v) is 2.36. The van der Waals surface area contributed by atoms with Crippen molar-refractivity contribution in [2.45, 2.75) is 24.9 Å². The molecule has 0 aromatic heterocycles. The van der Waals surface area contributed by atoms with Crippen molar-refractivity contribution in [3.8, 4) is 0 Å². The summed E-state index contributed by atoms with van der Waals surface area (Å²) in [6.07, 6.45) is 2.13. The monoisotopic (exact) mass is 186 g/mol. The first kappa shape index (κ1) is 10.4. The van der Waals surface area contributed by atoms with Crippen molar-refractivity contribution in [2.75, 3.05) is 19.6 Å². The normalized spacial score (nSPS) is 27.1. The van der Waals surface area contributed by atoms with E-state index < -0.39 is 11.9 Å². The van der Waals surface area contributed by atoms with Gasteiger partial charge in [-0.15, -0.1) is 0 Å². The van der Waals surface area contributed by atoms with Gasteiger partial charge in [-0.3, -0.25) is 9.69 Å². The molecule has 1 rings (SSSR count). The van der Waals surface area contributed by atoms with Crippen LogP contribution in [0.4, 0.5) is 0 Å². The summed E-state index contributed by atoms with van der Waals surface area (Å²) in [5.41, 5.74) is 16.4. The zero-order chi connectivity index (χ0) is 9.84. The molecule has 1 saturated heterocycles. The van der Waals surface area contributed by atoms with Crippen LogP contribution in [-0.4, -0.2) is 42.5 Å². The largest absolute Gasteiger partial charge is 0.368 e. The van der Waals surface area contributed by atoms with Crippen molar-refractivity contribution < 1.29 is 4.79 Å². The van der Waals surface area contributed by atoms with Crippen LogP contribution in [0.3, 0.4) is 0 Å². The summed E-state index contributed by atoms with van der Waals surface area (Å²) < 4.78 is 0. The smallest absolute Gasteiger partial charge is 0.235 e. The molecule has 1 amide bonds. The molecule has 0 saturated carbocycles. The van der Waals surface area contributed by atoms with E-state index in [0.29, 0.717) is 6.54 Å². The molecule has 0 bridgehead atoms. The van der Waals surface area contributed by atoms with Crippen LogP contribution < -0.4 is 17.2 Å². The molecule has 0 aliphatic carbocycles. The van der Waals surface area contributed by atoms with Gasteiger partial charge in [-0.25, -0.2) is 0 Å². The van der Waals surface area contributed by atoms with Gasteiger partial charge in [-0.2, -0.15) is 0 Å². The predicted octanol–water partition coefficient (Wildman–Crippen LogP) is -1.78. The molecule has 2 atom stereocenters. The molecule has 0 spiro atoms. The minimum absolute atomic E-state index is 0.217. The molecule has 13 heavy (non-hydrogen) atoms. The summed E-state index contributed by atoms with van der Waals surface area (Å²) in [6.45, 7) is 2.32. The molecule has 5 heteroatoms. The Morgan fingerprint density at radius 2 is 2.31 bits per heavy atom. The highest BCUT2D eigenvalue weighted by Gasteiger charge is 2.20. The van der Waals surface area contributed by atoms with Crippen LogP contribution in [0, 0.1) is 0 Å². The van der Waals surface area contributed by atoms with Crippen molar-refractivity contribution >= 4 is 5.91 Å². The molecule has 6 N–H and O–H groups in total. The Morgan fingerprint density at radius 3 is 2.85 bits per heavy atom. The summed E-state index contributed by atoms with van der Waals surface area (Å²) >= 11 is 0. The summed E-state index contributed by atoms with van der Waals surface area (Å²) in [6, 6.07) is -0.348. The number of hydrogen-bond acceptors (Lipinski definition) is 4. The molecule has 2 unspecified atom stereocenters. The average Bonchev–Trinajstić information content (AvgIpc) is 2.04. The van der Waals surface area contributed by atoms with Gasteiger partial charge in [0.1, 0.15) is 0 Å². The van der Waals surface area contributed by atoms with Gasteiger partial charge in [0, 0.05) is 19.1 Å². The van der Waals surface area contributed by atoms with E-state index in [2.05, 4.69) is 4.90 Å². The lowest BCUT2D eigenvalue weighted by atomic mass is 10.1. The highest BCUT2D eigenvalue weighted by Crippen LogP contribution is 2.07. The second-order valence-electron chi connectivity index (χ2n) is 3.67. The number of nitrogens with two attached hydrogens (primary N) is 3. The fourth-order valence-corrected chi connectivity index (χ4v) is 1.63. The molecule has 1 fully saturated rings. The number of amides is 1. The predicted molar refractivity (Wildman–Crippen MR) is 50.8 cm³/mol. The average molecular weight is 186 g/mol. The molecule has 1 aliphatic rings. The number of carbonyl (C=O) groups excluding carboxylic acids is 1. The number of piperidine rings is 1. The summed E-state index contributed by atoms with van der Waals surface area (Å²) in [5, 5.41) is 0. The summed E-state index contributed by atoms with van der Waals surface area (Å²) in [4.78, 5) is 12.8. The zero-order valence-electron chi connectivity index (χ0n) is 7.78. The first-order valence-corrected chi connectivity index (χ1v) is 4.62. The SMILES string of the molecule is NC(=O)C(N)CN1CCCC(N)C1. The second-order valence-corrected chi connectivity index (χ2v) is 3.67. The van der Waals surface area contributed by atoms with E-state index in [-0.39, 0.29) is 6.04 Å². The minimum atomic E-state index is -0.565. The quantitative estimate of drug-likeness (QED) is 0.485. The number of carbonyl (C=O) groups is 1. The van der Waals surface area contributed by atoms with E-state index in [1.54, 1.807) is 0 Å². The molecular weight excluding hydrogens is 168 g/mol. The van der Waals surface area contributed by atoms with Gasteiger partial charge in [-0.05, 0) is 19.4 Å². The molecule has 1 aliphatic heterocycles. The topological polar surface area (TPSA) is 98.4 Å². The van der Waals surface area contributed by atoms with E-state index in [1.807, 2.05) is 0 Å². The Morgan fingerprint density at radius 1 is 1.62 bits per heavy atom. The van der Waals surface area contributed by atoms with E-state index in [0.717, 1.165) is 25.9 Å². The van der Waals surface area contributed by atoms with Crippen LogP contribution in [0.25, 0.3) is 0 Å². The number of primary amides is 1. The van der Waals surface area contributed by atoms with E-state index in [9.17, 15) is 4.79 Å². The number of nitrogens with zero attached hydrogens (tertiary/aromatic N) is 1. The molecule has 1 heterocycles. The molecular formula is C8H18N4O. The van der Waals surface area contributed by atoms with Crippen molar-refractivity contribution in [1.29, 1.82) is 0 Å². The molecule has 0 aromatic rings. The highest BCUT2D eigenvalue weighted by atomic mass is 16.1. The number of likely N-dealkylation sites (tertiary alicyclic amines) is 1. The van der Waals surface area contributed by atoms with Gasteiger partial charge in [-0.1, -0.05) is 0 Å². The van der Waals surface area contributed by atoms with Gasteiger partial charge in [0.2, 0.25) is 5.91 Å². The summed E-state index contributed by atoms with van der Waals surface area (Å²) in [7, 11) is 0. The van der Waals surface area contributed by atoms with Gasteiger partial charge >= 0.3 is 0 Å². The van der Waals surface area contributed by atoms with Crippen LogP contribution in [0.2, 0.25) is 0 Å². The Kier molecular flexibility index (Phi) is 3.65.